The highest BCUT2D eigenvalue weighted by atomic mass is 16.5. The maximum absolute atomic E-state index is 13.6. The second-order valence-corrected chi connectivity index (χ2v) is 8.32. The van der Waals surface area contributed by atoms with E-state index in [2.05, 4.69) is 10.1 Å². The van der Waals surface area contributed by atoms with Gasteiger partial charge in [0.1, 0.15) is 0 Å². The Morgan fingerprint density at radius 3 is 2.15 bits per heavy atom. The van der Waals surface area contributed by atoms with Crippen molar-refractivity contribution in [2.24, 2.45) is 0 Å². The molecule has 0 bridgehead atoms. The highest BCUT2D eigenvalue weighted by Gasteiger charge is 2.28. The lowest BCUT2D eigenvalue weighted by Gasteiger charge is -2.35. The molecule has 0 radical (unpaired) electrons. The lowest BCUT2D eigenvalue weighted by molar-refractivity contribution is 0.0536. The number of carbonyl (C=O) groups excluding carboxylic acids is 2. The van der Waals surface area contributed by atoms with Crippen LogP contribution in [0, 0.1) is 13.8 Å². The van der Waals surface area contributed by atoms with Gasteiger partial charge in [0.2, 0.25) is 0 Å². The molecule has 0 spiro atoms. The summed E-state index contributed by atoms with van der Waals surface area (Å²) in [5.41, 5.74) is 4.90. The first kappa shape index (κ1) is 20.9. The molecule has 1 saturated heterocycles. The monoisotopic (exact) mass is 440 g/mol. The standard InChI is InChI=1S/C26H24N4O3/c1-17-8-10-19(11-9-17)22-16-21(23-18(2)28-33-24(23)27-22)26(32)30-14-12-29(13-15-30)25(31)20-6-4-3-5-7-20/h3-11,16H,12-15H2,1-2H3. The van der Waals surface area contributed by atoms with E-state index in [-0.39, 0.29) is 11.8 Å². The molecular formula is C26H24N4O3. The van der Waals surface area contributed by atoms with Gasteiger partial charge < -0.3 is 14.3 Å². The van der Waals surface area contributed by atoms with Gasteiger partial charge in [0, 0.05) is 37.3 Å². The van der Waals surface area contributed by atoms with Crippen LogP contribution in [0.25, 0.3) is 22.4 Å². The number of carbonyl (C=O) groups is 2. The van der Waals surface area contributed by atoms with Crippen LogP contribution in [-0.4, -0.2) is 57.9 Å². The Morgan fingerprint density at radius 2 is 1.48 bits per heavy atom. The van der Waals surface area contributed by atoms with Crippen LogP contribution in [0.5, 0.6) is 0 Å². The predicted octanol–water partition coefficient (Wildman–Crippen LogP) is 4.10. The molecule has 1 fully saturated rings. The molecule has 0 N–H and O–H groups in total. The molecule has 2 aromatic carbocycles. The summed E-state index contributed by atoms with van der Waals surface area (Å²) in [6.07, 6.45) is 0. The summed E-state index contributed by atoms with van der Waals surface area (Å²) in [6.45, 7) is 5.74. The van der Waals surface area contributed by atoms with Crippen molar-refractivity contribution in [2.75, 3.05) is 26.2 Å². The number of hydrogen-bond donors (Lipinski definition) is 0. The van der Waals surface area contributed by atoms with E-state index >= 15 is 0 Å². The van der Waals surface area contributed by atoms with E-state index in [0.717, 1.165) is 11.1 Å². The first-order chi connectivity index (χ1) is 16.0. The van der Waals surface area contributed by atoms with E-state index in [9.17, 15) is 9.59 Å². The molecule has 0 aliphatic carbocycles. The average Bonchev–Trinajstić information content (AvgIpc) is 3.24. The third-order valence-corrected chi connectivity index (χ3v) is 6.07. The maximum atomic E-state index is 13.6. The van der Waals surface area contributed by atoms with Gasteiger partial charge in [-0.25, -0.2) is 4.98 Å². The van der Waals surface area contributed by atoms with Crippen molar-refractivity contribution in [3.05, 3.63) is 83.0 Å². The summed E-state index contributed by atoms with van der Waals surface area (Å²) in [6, 6.07) is 19.0. The number of fused-ring (bicyclic) bond motifs is 1. The number of rotatable bonds is 3. The van der Waals surface area contributed by atoms with Crippen molar-refractivity contribution in [3.63, 3.8) is 0 Å². The third kappa shape index (κ3) is 3.98. The largest absolute Gasteiger partial charge is 0.335 e. The van der Waals surface area contributed by atoms with Crippen LogP contribution in [0.2, 0.25) is 0 Å². The second kappa shape index (κ2) is 8.50. The molecule has 3 heterocycles. The molecule has 0 atom stereocenters. The van der Waals surface area contributed by atoms with Crippen molar-refractivity contribution in [2.45, 2.75) is 13.8 Å². The van der Waals surface area contributed by atoms with Gasteiger partial charge in [-0.3, -0.25) is 9.59 Å². The quantitative estimate of drug-likeness (QED) is 0.479. The van der Waals surface area contributed by atoms with Gasteiger partial charge in [0.25, 0.3) is 17.5 Å². The lowest BCUT2D eigenvalue weighted by Crippen LogP contribution is -2.50. The number of aryl methyl sites for hydroxylation is 2. The van der Waals surface area contributed by atoms with Gasteiger partial charge >= 0.3 is 0 Å². The molecule has 2 amide bonds. The summed E-state index contributed by atoms with van der Waals surface area (Å²) in [5.74, 6) is -0.112. The molecule has 0 unspecified atom stereocenters. The molecule has 4 aromatic rings. The van der Waals surface area contributed by atoms with Crippen molar-refractivity contribution in [1.29, 1.82) is 0 Å². The molecule has 1 aliphatic heterocycles. The molecule has 7 heteroatoms. The van der Waals surface area contributed by atoms with Crippen LogP contribution in [0.15, 0.2) is 65.2 Å². The Balaban J connectivity index is 1.41. The van der Waals surface area contributed by atoms with Crippen LogP contribution < -0.4 is 0 Å². The molecule has 1 aliphatic rings. The number of amides is 2. The Bertz CT molecular complexity index is 1320. The minimum atomic E-state index is -0.103. The summed E-state index contributed by atoms with van der Waals surface area (Å²) < 4.78 is 5.43. The number of benzene rings is 2. The van der Waals surface area contributed by atoms with Gasteiger partial charge in [-0.1, -0.05) is 53.2 Å². The number of pyridine rings is 1. The number of hydrogen-bond acceptors (Lipinski definition) is 5. The molecule has 166 valence electrons. The lowest BCUT2D eigenvalue weighted by atomic mass is 10.0. The fourth-order valence-corrected chi connectivity index (χ4v) is 4.18. The predicted molar refractivity (Wildman–Crippen MR) is 125 cm³/mol. The molecule has 33 heavy (non-hydrogen) atoms. The van der Waals surface area contributed by atoms with E-state index in [1.54, 1.807) is 9.80 Å². The van der Waals surface area contributed by atoms with Crippen LogP contribution in [0.3, 0.4) is 0 Å². The zero-order valence-corrected chi connectivity index (χ0v) is 18.6. The summed E-state index contributed by atoms with van der Waals surface area (Å²) in [5, 5.41) is 4.68. The van der Waals surface area contributed by atoms with Gasteiger partial charge in [-0.05, 0) is 32.0 Å². The fraction of sp³-hybridized carbons (Fsp3) is 0.231. The minimum absolute atomic E-state index is 0.00876. The molecule has 2 aromatic heterocycles. The highest BCUT2D eigenvalue weighted by molar-refractivity contribution is 6.07. The zero-order valence-electron chi connectivity index (χ0n) is 18.6. The topological polar surface area (TPSA) is 79.5 Å². The SMILES string of the molecule is Cc1ccc(-c2cc(C(=O)N3CCN(C(=O)c4ccccc4)CC3)c3c(C)noc3n2)cc1. The zero-order chi connectivity index (χ0) is 22.9. The minimum Gasteiger partial charge on any atom is -0.335 e. The first-order valence-corrected chi connectivity index (χ1v) is 11.0. The first-order valence-electron chi connectivity index (χ1n) is 11.0. The fourth-order valence-electron chi connectivity index (χ4n) is 4.18. The molecular weight excluding hydrogens is 416 g/mol. The van der Waals surface area contributed by atoms with Gasteiger partial charge in [0.15, 0.2) is 0 Å². The third-order valence-electron chi connectivity index (χ3n) is 6.07. The summed E-state index contributed by atoms with van der Waals surface area (Å²) in [4.78, 5) is 34.5. The van der Waals surface area contributed by atoms with Crippen molar-refractivity contribution < 1.29 is 14.1 Å². The van der Waals surface area contributed by atoms with E-state index in [4.69, 9.17) is 4.52 Å². The normalized spacial score (nSPS) is 14.0. The second-order valence-electron chi connectivity index (χ2n) is 8.32. The van der Waals surface area contributed by atoms with Crippen LogP contribution in [-0.2, 0) is 0 Å². The number of piperazine rings is 1. The number of aromatic nitrogens is 2. The summed E-state index contributed by atoms with van der Waals surface area (Å²) >= 11 is 0. The highest BCUT2D eigenvalue weighted by Crippen LogP contribution is 2.28. The van der Waals surface area contributed by atoms with Gasteiger partial charge in [0.05, 0.1) is 22.3 Å². The smallest absolute Gasteiger partial charge is 0.259 e. The van der Waals surface area contributed by atoms with E-state index in [1.165, 1.54) is 0 Å². The van der Waals surface area contributed by atoms with Crippen LogP contribution in [0.4, 0.5) is 0 Å². The Hall–Kier alpha value is -4.00. The van der Waals surface area contributed by atoms with Crippen LogP contribution >= 0.6 is 0 Å². The van der Waals surface area contributed by atoms with E-state index < -0.39 is 0 Å². The Morgan fingerprint density at radius 1 is 0.848 bits per heavy atom. The van der Waals surface area contributed by atoms with Crippen molar-refractivity contribution in [1.82, 2.24) is 19.9 Å². The van der Waals surface area contributed by atoms with Gasteiger partial charge in [-0.2, -0.15) is 0 Å². The number of nitrogens with zero attached hydrogens (tertiary/aromatic N) is 4. The van der Waals surface area contributed by atoms with Crippen LogP contribution in [0.1, 0.15) is 32.0 Å². The Kier molecular flexibility index (Phi) is 5.38. The molecule has 7 nitrogen and oxygen atoms in total. The Labute approximate surface area is 191 Å². The van der Waals surface area contributed by atoms with Crippen molar-refractivity contribution >= 4 is 22.9 Å². The van der Waals surface area contributed by atoms with Gasteiger partial charge in [-0.15, -0.1) is 0 Å². The van der Waals surface area contributed by atoms with E-state index in [1.807, 2.05) is 74.5 Å². The molecule has 0 saturated carbocycles. The maximum Gasteiger partial charge on any atom is 0.259 e. The van der Waals surface area contributed by atoms with E-state index in [0.29, 0.717) is 59.8 Å². The average molecular weight is 441 g/mol. The molecule has 5 rings (SSSR count). The van der Waals surface area contributed by atoms with Crippen molar-refractivity contribution in [3.8, 4) is 11.3 Å². The summed E-state index contributed by atoms with van der Waals surface area (Å²) in [7, 11) is 0.